The number of primary amides is 2. The Labute approximate surface area is 118 Å². The minimum atomic E-state index is -0.584. The Morgan fingerprint density at radius 2 is 1.68 bits per heavy atom. The lowest BCUT2D eigenvalue weighted by Gasteiger charge is -2.03. The lowest BCUT2D eigenvalue weighted by molar-refractivity contribution is 0.0967. The maximum Gasteiger partial charge on any atom is 0.250 e. The van der Waals surface area contributed by atoms with Crippen LogP contribution in [-0.2, 0) is 6.42 Å². The highest BCUT2D eigenvalue weighted by atomic mass is 32.1. The molecule has 1 rings (SSSR count). The van der Waals surface area contributed by atoms with Crippen LogP contribution in [0.2, 0.25) is 0 Å². The molecule has 0 atom stereocenters. The van der Waals surface area contributed by atoms with Gasteiger partial charge in [0.15, 0.2) is 0 Å². The smallest absolute Gasteiger partial charge is 0.250 e. The molecule has 0 fully saturated rings. The lowest BCUT2D eigenvalue weighted by atomic mass is 10.0. The van der Waals surface area contributed by atoms with Crippen LogP contribution in [0.4, 0.5) is 0 Å². The van der Waals surface area contributed by atoms with E-state index in [2.05, 4.69) is 6.92 Å². The molecule has 0 spiro atoms. The van der Waals surface area contributed by atoms with Crippen molar-refractivity contribution in [2.45, 2.75) is 51.9 Å². The average molecular weight is 282 g/mol. The molecule has 0 aliphatic carbocycles. The Balaban J connectivity index is 2.54. The molecule has 19 heavy (non-hydrogen) atoms. The van der Waals surface area contributed by atoms with Gasteiger partial charge in [0, 0.05) is 10.3 Å². The average Bonchev–Trinajstić information content (AvgIpc) is 2.77. The van der Waals surface area contributed by atoms with E-state index in [9.17, 15) is 9.59 Å². The van der Waals surface area contributed by atoms with E-state index in [1.165, 1.54) is 37.0 Å². The fraction of sp³-hybridized carbons (Fsp3) is 0.571. The largest absolute Gasteiger partial charge is 0.366 e. The molecule has 0 bridgehead atoms. The number of carbonyl (C=O) groups is 2. The van der Waals surface area contributed by atoms with E-state index in [4.69, 9.17) is 11.5 Å². The number of nitrogens with two attached hydrogens (primary N) is 2. The SMILES string of the molecule is CCCCCCCCc1scc(C(N)=O)c1C(N)=O. The highest BCUT2D eigenvalue weighted by Gasteiger charge is 2.19. The van der Waals surface area contributed by atoms with Gasteiger partial charge in [0.05, 0.1) is 11.1 Å². The third-order valence-corrected chi connectivity index (χ3v) is 4.18. The number of thiophene rings is 1. The second kappa shape index (κ2) is 7.94. The van der Waals surface area contributed by atoms with Crippen molar-refractivity contribution in [3.8, 4) is 0 Å². The van der Waals surface area contributed by atoms with Crippen LogP contribution >= 0.6 is 11.3 Å². The standard InChI is InChI=1S/C14H22N2O2S/c1-2-3-4-5-6-7-8-11-12(14(16)18)10(9-19-11)13(15)17/h9H,2-8H2,1H3,(H2,15,17)(H2,16,18). The van der Waals surface area contributed by atoms with E-state index in [-0.39, 0.29) is 5.56 Å². The van der Waals surface area contributed by atoms with Gasteiger partial charge in [0.25, 0.3) is 5.91 Å². The Morgan fingerprint density at radius 1 is 1.05 bits per heavy atom. The molecule has 0 saturated heterocycles. The van der Waals surface area contributed by atoms with Crippen molar-refractivity contribution in [2.75, 3.05) is 0 Å². The van der Waals surface area contributed by atoms with Gasteiger partial charge in [-0.15, -0.1) is 11.3 Å². The molecule has 0 radical (unpaired) electrons. The second-order valence-electron chi connectivity index (χ2n) is 4.69. The maximum atomic E-state index is 11.4. The van der Waals surface area contributed by atoms with Crippen LogP contribution in [0, 0.1) is 0 Å². The number of rotatable bonds is 9. The van der Waals surface area contributed by atoms with Crippen LogP contribution in [0.5, 0.6) is 0 Å². The summed E-state index contributed by atoms with van der Waals surface area (Å²) in [7, 11) is 0. The molecule has 0 saturated carbocycles. The maximum absolute atomic E-state index is 11.4. The summed E-state index contributed by atoms with van der Waals surface area (Å²) >= 11 is 1.40. The van der Waals surface area contributed by atoms with Crippen molar-refractivity contribution in [1.82, 2.24) is 0 Å². The van der Waals surface area contributed by atoms with Crippen molar-refractivity contribution in [1.29, 1.82) is 0 Å². The fourth-order valence-electron chi connectivity index (χ4n) is 2.10. The highest BCUT2D eigenvalue weighted by Crippen LogP contribution is 2.24. The van der Waals surface area contributed by atoms with Crippen molar-refractivity contribution in [2.24, 2.45) is 11.5 Å². The van der Waals surface area contributed by atoms with Gasteiger partial charge >= 0.3 is 0 Å². The summed E-state index contributed by atoms with van der Waals surface area (Å²) in [4.78, 5) is 23.5. The van der Waals surface area contributed by atoms with E-state index in [0.29, 0.717) is 5.56 Å². The molecule has 1 aromatic rings. The first-order chi connectivity index (χ1) is 9.07. The summed E-state index contributed by atoms with van der Waals surface area (Å²) in [6.07, 6.45) is 7.94. The minimum Gasteiger partial charge on any atom is -0.366 e. The van der Waals surface area contributed by atoms with Crippen LogP contribution < -0.4 is 11.5 Å². The van der Waals surface area contributed by atoms with E-state index in [1.54, 1.807) is 5.38 Å². The molecule has 0 aromatic carbocycles. The lowest BCUT2D eigenvalue weighted by Crippen LogP contribution is -2.20. The normalized spacial score (nSPS) is 10.6. The number of hydrogen-bond acceptors (Lipinski definition) is 3. The minimum absolute atomic E-state index is 0.262. The summed E-state index contributed by atoms with van der Waals surface area (Å²) in [5.74, 6) is -1.14. The van der Waals surface area contributed by atoms with Crippen molar-refractivity contribution >= 4 is 23.2 Å². The summed E-state index contributed by atoms with van der Waals surface area (Å²) in [6.45, 7) is 2.19. The van der Waals surface area contributed by atoms with Crippen LogP contribution in [0.15, 0.2) is 5.38 Å². The number of aryl methyl sites for hydroxylation is 1. The number of carbonyl (C=O) groups excluding carboxylic acids is 2. The molecule has 4 N–H and O–H groups in total. The third-order valence-electron chi connectivity index (χ3n) is 3.14. The number of hydrogen-bond donors (Lipinski definition) is 2. The molecule has 0 aliphatic rings. The molecule has 4 nitrogen and oxygen atoms in total. The second-order valence-corrected chi connectivity index (χ2v) is 5.66. The van der Waals surface area contributed by atoms with E-state index >= 15 is 0 Å². The number of unbranched alkanes of at least 4 members (excludes halogenated alkanes) is 5. The van der Waals surface area contributed by atoms with Gasteiger partial charge < -0.3 is 11.5 Å². The molecule has 2 amide bonds. The van der Waals surface area contributed by atoms with Gasteiger partial charge in [-0.3, -0.25) is 9.59 Å². The van der Waals surface area contributed by atoms with Gasteiger partial charge in [-0.25, -0.2) is 0 Å². The Morgan fingerprint density at radius 3 is 2.26 bits per heavy atom. The van der Waals surface area contributed by atoms with Gasteiger partial charge in [0.1, 0.15) is 0 Å². The van der Waals surface area contributed by atoms with Gasteiger partial charge in [0.2, 0.25) is 5.91 Å². The third kappa shape index (κ3) is 4.67. The first kappa shape index (κ1) is 15.7. The Kier molecular flexibility index (Phi) is 6.56. The summed E-state index contributed by atoms with van der Waals surface area (Å²) < 4.78 is 0. The van der Waals surface area contributed by atoms with Crippen LogP contribution in [0.3, 0.4) is 0 Å². The molecule has 0 aliphatic heterocycles. The zero-order valence-electron chi connectivity index (χ0n) is 11.4. The Hall–Kier alpha value is -1.36. The van der Waals surface area contributed by atoms with E-state index in [1.807, 2.05) is 0 Å². The molecule has 5 heteroatoms. The van der Waals surface area contributed by atoms with Crippen molar-refractivity contribution < 1.29 is 9.59 Å². The summed E-state index contributed by atoms with van der Waals surface area (Å²) in [6, 6.07) is 0. The zero-order valence-corrected chi connectivity index (χ0v) is 12.2. The van der Waals surface area contributed by atoms with Crippen LogP contribution in [0.25, 0.3) is 0 Å². The summed E-state index contributed by atoms with van der Waals surface area (Å²) in [5, 5.41) is 1.63. The van der Waals surface area contributed by atoms with Crippen LogP contribution in [-0.4, -0.2) is 11.8 Å². The monoisotopic (exact) mass is 282 g/mol. The molecule has 0 unspecified atom stereocenters. The molecule has 106 valence electrons. The molecular formula is C14H22N2O2S. The zero-order chi connectivity index (χ0) is 14.3. The highest BCUT2D eigenvalue weighted by molar-refractivity contribution is 7.10. The van der Waals surface area contributed by atoms with Gasteiger partial charge in [-0.1, -0.05) is 39.0 Å². The van der Waals surface area contributed by atoms with E-state index < -0.39 is 11.8 Å². The predicted octanol–water partition coefficient (Wildman–Crippen LogP) is 2.85. The Bertz CT molecular complexity index is 441. The molecule has 1 aromatic heterocycles. The van der Waals surface area contributed by atoms with Gasteiger partial charge in [-0.2, -0.15) is 0 Å². The molecule has 1 heterocycles. The quantitative estimate of drug-likeness (QED) is 0.682. The number of amides is 2. The predicted molar refractivity (Wildman–Crippen MR) is 78.4 cm³/mol. The van der Waals surface area contributed by atoms with Gasteiger partial charge in [-0.05, 0) is 12.8 Å². The first-order valence-electron chi connectivity index (χ1n) is 6.77. The van der Waals surface area contributed by atoms with Crippen LogP contribution in [0.1, 0.15) is 71.0 Å². The summed E-state index contributed by atoms with van der Waals surface area (Å²) in [5.41, 5.74) is 11.2. The fourth-order valence-corrected chi connectivity index (χ4v) is 3.18. The topological polar surface area (TPSA) is 86.2 Å². The molecular weight excluding hydrogens is 260 g/mol. The van der Waals surface area contributed by atoms with Crippen molar-refractivity contribution in [3.63, 3.8) is 0 Å². The van der Waals surface area contributed by atoms with Crippen molar-refractivity contribution in [3.05, 3.63) is 21.4 Å². The van der Waals surface area contributed by atoms with E-state index in [0.717, 1.165) is 24.1 Å². The first-order valence-corrected chi connectivity index (χ1v) is 7.65.